The fourth-order valence-electron chi connectivity index (χ4n) is 4.15. The number of aliphatic carboxylic acids is 1. The third-order valence-electron chi connectivity index (χ3n) is 6.78. The Hall–Kier alpha value is -3.51. The fourth-order valence-corrected chi connectivity index (χ4v) is 4.15. The molecule has 12 heteroatoms. The molecule has 4 amide bonds. The average molecular weight is 577 g/mol. The number of nitrogens with two attached hydrogens (primary N) is 2. The van der Waals surface area contributed by atoms with Gasteiger partial charge in [0.2, 0.25) is 23.6 Å². The number of rotatable bonds is 19. The Kier molecular flexibility index (Phi) is 16.3. The molecule has 0 saturated heterocycles. The van der Waals surface area contributed by atoms with Gasteiger partial charge in [0.1, 0.15) is 18.1 Å². The van der Waals surface area contributed by atoms with Crippen molar-refractivity contribution in [2.75, 3.05) is 13.1 Å². The Labute approximate surface area is 242 Å². The van der Waals surface area contributed by atoms with Crippen LogP contribution in [0.4, 0.5) is 0 Å². The first kappa shape index (κ1) is 35.5. The number of benzene rings is 1. The standard InChI is InChI=1S/C29H48N6O6/c1-5-19(4)25(28(39)32-17-24(36)33-23(29(40)41)15-18(2)3)35-27(38)22(16-20-11-7-6-8-12-20)34-26(37)21(31)13-9-10-14-30/h6-8,11-12,18-19,21-23,25H,5,9-10,13-17,30-31H2,1-4H3,(H,32,39)(H,33,36)(H,34,37)(H,35,38)(H,40,41). The van der Waals surface area contributed by atoms with Crippen LogP contribution < -0.4 is 32.7 Å². The van der Waals surface area contributed by atoms with Crippen LogP contribution in [0, 0.1) is 11.8 Å². The molecule has 0 radical (unpaired) electrons. The van der Waals surface area contributed by atoms with E-state index in [1.807, 2.05) is 51.1 Å². The number of nitrogens with one attached hydrogen (secondary N) is 4. The van der Waals surface area contributed by atoms with Crippen molar-refractivity contribution in [2.45, 2.75) is 90.4 Å². The lowest BCUT2D eigenvalue weighted by Gasteiger charge is -2.27. The van der Waals surface area contributed by atoms with Gasteiger partial charge in [-0.3, -0.25) is 19.2 Å². The van der Waals surface area contributed by atoms with Crippen LogP contribution >= 0.6 is 0 Å². The van der Waals surface area contributed by atoms with Crippen LogP contribution in [0.15, 0.2) is 30.3 Å². The topological polar surface area (TPSA) is 206 Å². The number of hydrogen-bond donors (Lipinski definition) is 7. The van der Waals surface area contributed by atoms with Crippen LogP contribution in [0.3, 0.4) is 0 Å². The number of hydrogen-bond acceptors (Lipinski definition) is 7. The molecule has 1 rings (SSSR count). The Morgan fingerprint density at radius 2 is 1.54 bits per heavy atom. The summed E-state index contributed by atoms with van der Waals surface area (Å²) in [6.07, 6.45) is 2.79. The lowest BCUT2D eigenvalue weighted by Crippen LogP contribution is -2.58. The van der Waals surface area contributed by atoms with Gasteiger partial charge < -0.3 is 37.8 Å². The largest absolute Gasteiger partial charge is 0.480 e. The maximum Gasteiger partial charge on any atom is 0.326 e. The molecule has 1 aromatic carbocycles. The lowest BCUT2D eigenvalue weighted by molar-refractivity contribution is -0.142. The zero-order valence-corrected chi connectivity index (χ0v) is 24.7. The van der Waals surface area contributed by atoms with E-state index in [-0.39, 0.29) is 24.7 Å². The summed E-state index contributed by atoms with van der Waals surface area (Å²) in [5.41, 5.74) is 12.4. The van der Waals surface area contributed by atoms with Crippen LogP contribution in [0.2, 0.25) is 0 Å². The number of carbonyl (C=O) groups is 5. The van der Waals surface area contributed by atoms with Gasteiger partial charge in [-0.2, -0.15) is 0 Å². The van der Waals surface area contributed by atoms with Crippen molar-refractivity contribution < 1.29 is 29.1 Å². The van der Waals surface area contributed by atoms with Crippen molar-refractivity contribution >= 4 is 29.6 Å². The van der Waals surface area contributed by atoms with E-state index in [1.54, 1.807) is 6.92 Å². The Morgan fingerprint density at radius 1 is 0.878 bits per heavy atom. The third-order valence-corrected chi connectivity index (χ3v) is 6.78. The molecule has 0 aromatic heterocycles. The Morgan fingerprint density at radius 3 is 2.10 bits per heavy atom. The SMILES string of the molecule is CCC(C)C(NC(=O)C(Cc1ccccc1)NC(=O)C(N)CCCCN)C(=O)NCC(=O)NC(CC(C)C)C(=O)O. The molecule has 0 fully saturated rings. The predicted octanol–water partition coefficient (Wildman–Crippen LogP) is 0.433. The summed E-state index contributed by atoms with van der Waals surface area (Å²) >= 11 is 0. The third kappa shape index (κ3) is 13.6. The second-order valence-electron chi connectivity index (χ2n) is 10.8. The van der Waals surface area contributed by atoms with E-state index in [9.17, 15) is 29.1 Å². The molecule has 41 heavy (non-hydrogen) atoms. The van der Waals surface area contributed by atoms with E-state index in [0.717, 1.165) is 12.0 Å². The molecule has 12 nitrogen and oxygen atoms in total. The minimum atomic E-state index is -1.16. The molecule has 0 saturated carbocycles. The van der Waals surface area contributed by atoms with E-state index in [2.05, 4.69) is 21.3 Å². The summed E-state index contributed by atoms with van der Waals surface area (Å²) in [4.78, 5) is 63.2. The van der Waals surface area contributed by atoms with Gasteiger partial charge in [0.25, 0.3) is 0 Å². The first-order valence-corrected chi connectivity index (χ1v) is 14.3. The van der Waals surface area contributed by atoms with Crippen LogP contribution in [-0.2, 0) is 30.4 Å². The van der Waals surface area contributed by atoms with Crippen molar-refractivity contribution in [1.82, 2.24) is 21.3 Å². The van der Waals surface area contributed by atoms with Gasteiger partial charge in [0.05, 0.1) is 12.6 Å². The molecule has 0 spiro atoms. The highest BCUT2D eigenvalue weighted by molar-refractivity contribution is 5.94. The van der Waals surface area contributed by atoms with Crippen molar-refractivity contribution in [3.05, 3.63) is 35.9 Å². The minimum Gasteiger partial charge on any atom is -0.480 e. The van der Waals surface area contributed by atoms with Gasteiger partial charge in [0.15, 0.2) is 0 Å². The minimum absolute atomic E-state index is 0.0424. The van der Waals surface area contributed by atoms with Crippen molar-refractivity contribution in [1.29, 1.82) is 0 Å². The number of carboxylic acids is 1. The number of carbonyl (C=O) groups excluding carboxylic acids is 4. The Balaban J connectivity index is 2.97. The number of unbranched alkanes of at least 4 members (excludes halogenated alkanes) is 1. The maximum atomic E-state index is 13.5. The van der Waals surface area contributed by atoms with Crippen molar-refractivity contribution in [3.63, 3.8) is 0 Å². The summed E-state index contributed by atoms with van der Waals surface area (Å²) in [7, 11) is 0. The first-order chi connectivity index (χ1) is 19.4. The van der Waals surface area contributed by atoms with Crippen molar-refractivity contribution in [3.8, 4) is 0 Å². The second kappa shape index (κ2) is 18.8. The normalized spacial score (nSPS) is 14.7. The second-order valence-corrected chi connectivity index (χ2v) is 10.8. The molecular weight excluding hydrogens is 528 g/mol. The lowest BCUT2D eigenvalue weighted by atomic mass is 9.97. The van der Waals surface area contributed by atoms with E-state index in [4.69, 9.17) is 11.5 Å². The predicted molar refractivity (Wildman–Crippen MR) is 156 cm³/mol. The molecule has 5 unspecified atom stereocenters. The molecule has 0 aliphatic carbocycles. The van der Waals surface area contributed by atoms with Gasteiger partial charge in [0, 0.05) is 6.42 Å². The van der Waals surface area contributed by atoms with Crippen LogP contribution in [0.1, 0.15) is 65.4 Å². The van der Waals surface area contributed by atoms with E-state index in [0.29, 0.717) is 25.8 Å². The highest BCUT2D eigenvalue weighted by atomic mass is 16.4. The molecule has 5 atom stereocenters. The summed E-state index contributed by atoms with van der Waals surface area (Å²) in [5, 5.41) is 19.7. The average Bonchev–Trinajstić information content (AvgIpc) is 2.93. The number of carboxylic acid groups (broad SMARTS) is 1. The summed E-state index contributed by atoms with van der Waals surface area (Å²) in [6, 6.07) is 5.25. The molecule has 230 valence electrons. The van der Waals surface area contributed by atoms with Crippen LogP contribution in [0.5, 0.6) is 0 Å². The fraction of sp³-hybridized carbons (Fsp3) is 0.621. The quantitative estimate of drug-likeness (QED) is 0.115. The van der Waals surface area contributed by atoms with Crippen LogP contribution in [-0.4, -0.2) is 72.0 Å². The van der Waals surface area contributed by atoms with Crippen molar-refractivity contribution in [2.24, 2.45) is 23.3 Å². The van der Waals surface area contributed by atoms with E-state index < -0.39 is 60.3 Å². The first-order valence-electron chi connectivity index (χ1n) is 14.3. The van der Waals surface area contributed by atoms with Gasteiger partial charge in [-0.25, -0.2) is 4.79 Å². The van der Waals surface area contributed by atoms with Gasteiger partial charge >= 0.3 is 5.97 Å². The van der Waals surface area contributed by atoms with Gasteiger partial charge in [-0.15, -0.1) is 0 Å². The Bertz CT molecular complexity index is 989. The zero-order valence-electron chi connectivity index (χ0n) is 24.7. The molecule has 0 aliphatic heterocycles. The maximum absolute atomic E-state index is 13.5. The highest BCUT2D eigenvalue weighted by Gasteiger charge is 2.31. The molecule has 0 heterocycles. The highest BCUT2D eigenvalue weighted by Crippen LogP contribution is 2.11. The van der Waals surface area contributed by atoms with Crippen LogP contribution in [0.25, 0.3) is 0 Å². The van der Waals surface area contributed by atoms with E-state index in [1.165, 1.54) is 0 Å². The van der Waals surface area contributed by atoms with Gasteiger partial charge in [-0.05, 0) is 43.2 Å². The summed E-state index contributed by atoms with van der Waals surface area (Å²) in [5.74, 6) is -3.71. The number of amides is 4. The van der Waals surface area contributed by atoms with Gasteiger partial charge in [-0.1, -0.05) is 70.9 Å². The summed E-state index contributed by atoms with van der Waals surface area (Å²) < 4.78 is 0. The summed E-state index contributed by atoms with van der Waals surface area (Å²) in [6.45, 7) is 7.36. The zero-order chi connectivity index (χ0) is 30.9. The monoisotopic (exact) mass is 576 g/mol. The molecule has 0 aliphatic rings. The van der Waals surface area contributed by atoms with E-state index >= 15 is 0 Å². The molecule has 1 aromatic rings. The molecule has 9 N–H and O–H groups in total. The molecule has 0 bridgehead atoms. The smallest absolute Gasteiger partial charge is 0.326 e. The molecular formula is C29H48N6O6.